The van der Waals surface area contributed by atoms with Gasteiger partial charge in [0.2, 0.25) is 5.95 Å². The maximum absolute atomic E-state index is 5.56. The van der Waals surface area contributed by atoms with Gasteiger partial charge in [-0.2, -0.15) is 0 Å². The lowest BCUT2D eigenvalue weighted by Gasteiger charge is -2.34. The van der Waals surface area contributed by atoms with Crippen molar-refractivity contribution >= 4 is 23.2 Å². The van der Waals surface area contributed by atoms with E-state index in [1.54, 1.807) is 12.3 Å². The molecule has 0 bridgehead atoms. The fraction of sp³-hybridized carbons (Fsp3) is 0.583. The molecule has 2 rings (SSSR count). The summed E-state index contributed by atoms with van der Waals surface area (Å²) in [6.07, 6.45) is 7.86. The standard InChI is InChI=1S/C12H18N4S/c1-12(6-3-2-4-7-12)16-11-14-8-5-9(15-11)10(13)17/h5,8H,2-4,6-7H2,1H3,(H2,13,17)(H,14,15,16). The van der Waals surface area contributed by atoms with Crippen LogP contribution in [0.3, 0.4) is 0 Å². The predicted octanol–water partition coefficient (Wildman–Crippen LogP) is 2.25. The first-order valence-electron chi connectivity index (χ1n) is 6.00. The molecule has 1 aliphatic rings. The molecule has 1 aliphatic carbocycles. The minimum Gasteiger partial charge on any atom is -0.388 e. The molecule has 1 heterocycles. The van der Waals surface area contributed by atoms with Gasteiger partial charge < -0.3 is 11.1 Å². The monoisotopic (exact) mass is 250 g/mol. The van der Waals surface area contributed by atoms with Crippen molar-refractivity contribution in [2.24, 2.45) is 5.73 Å². The van der Waals surface area contributed by atoms with E-state index in [1.807, 2.05) is 0 Å². The van der Waals surface area contributed by atoms with Crippen molar-refractivity contribution in [1.29, 1.82) is 0 Å². The number of anilines is 1. The second kappa shape index (κ2) is 4.96. The van der Waals surface area contributed by atoms with Crippen LogP contribution < -0.4 is 11.1 Å². The van der Waals surface area contributed by atoms with E-state index < -0.39 is 0 Å². The zero-order chi connectivity index (χ0) is 12.3. The number of aromatic nitrogens is 2. The molecular formula is C12H18N4S. The minimum atomic E-state index is 0.104. The smallest absolute Gasteiger partial charge is 0.223 e. The maximum atomic E-state index is 5.56. The number of hydrogen-bond acceptors (Lipinski definition) is 4. The zero-order valence-corrected chi connectivity index (χ0v) is 10.9. The molecule has 0 atom stereocenters. The Kier molecular flexibility index (Phi) is 3.57. The van der Waals surface area contributed by atoms with Crippen LogP contribution in [0.25, 0.3) is 0 Å². The second-order valence-corrected chi connectivity index (χ2v) is 5.32. The Hall–Kier alpha value is -1.23. The molecule has 1 fully saturated rings. The van der Waals surface area contributed by atoms with E-state index in [4.69, 9.17) is 18.0 Å². The van der Waals surface area contributed by atoms with Crippen molar-refractivity contribution in [3.05, 3.63) is 18.0 Å². The van der Waals surface area contributed by atoms with E-state index in [-0.39, 0.29) is 5.54 Å². The molecule has 5 heteroatoms. The van der Waals surface area contributed by atoms with E-state index in [0.29, 0.717) is 16.6 Å². The largest absolute Gasteiger partial charge is 0.388 e. The molecule has 17 heavy (non-hydrogen) atoms. The number of thiocarbonyl (C=S) groups is 1. The summed E-state index contributed by atoms with van der Waals surface area (Å²) in [4.78, 5) is 8.86. The number of nitrogens with two attached hydrogens (primary N) is 1. The Labute approximate surface area is 107 Å². The van der Waals surface area contributed by atoms with Gasteiger partial charge in [-0.15, -0.1) is 0 Å². The average molecular weight is 250 g/mol. The lowest BCUT2D eigenvalue weighted by Crippen LogP contribution is -2.37. The number of hydrogen-bond donors (Lipinski definition) is 2. The third-order valence-corrected chi connectivity index (χ3v) is 3.49. The molecule has 92 valence electrons. The molecule has 0 unspecified atom stereocenters. The van der Waals surface area contributed by atoms with Gasteiger partial charge >= 0.3 is 0 Å². The molecule has 1 aromatic rings. The van der Waals surface area contributed by atoms with Gasteiger partial charge in [0, 0.05) is 11.7 Å². The van der Waals surface area contributed by atoms with Crippen LogP contribution in [0, 0.1) is 0 Å². The Bertz CT molecular complexity index is 413. The highest BCUT2D eigenvalue weighted by atomic mass is 32.1. The molecule has 0 aromatic carbocycles. The summed E-state index contributed by atoms with van der Waals surface area (Å²) in [6, 6.07) is 1.73. The number of rotatable bonds is 3. The van der Waals surface area contributed by atoms with E-state index in [0.717, 1.165) is 12.8 Å². The van der Waals surface area contributed by atoms with Gasteiger partial charge in [-0.1, -0.05) is 31.5 Å². The highest BCUT2D eigenvalue weighted by Gasteiger charge is 2.27. The third-order valence-electron chi connectivity index (χ3n) is 3.28. The van der Waals surface area contributed by atoms with Gasteiger partial charge in [-0.3, -0.25) is 0 Å². The van der Waals surface area contributed by atoms with Gasteiger partial charge in [0.25, 0.3) is 0 Å². The summed E-state index contributed by atoms with van der Waals surface area (Å²) in [6.45, 7) is 2.23. The molecule has 4 nitrogen and oxygen atoms in total. The van der Waals surface area contributed by atoms with E-state index in [1.165, 1.54) is 19.3 Å². The van der Waals surface area contributed by atoms with Crippen molar-refractivity contribution < 1.29 is 0 Å². The average Bonchev–Trinajstić information content (AvgIpc) is 2.29. The summed E-state index contributed by atoms with van der Waals surface area (Å²) in [7, 11) is 0. The molecule has 0 spiro atoms. The highest BCUT2D eigenvalue weighted by Crippen LogP contribution is 2.30. The Morgan fingerprint density at radius 1 is 1.41 bits per heavy atom. The van der Waals surface area contributed by atoms with E-state index in [2.05, 4.69) is 22.2 Å². The van der Waals surface area contributed by atoms with Gasteiger partial charge in [0.1, 0.15) is 10.7 Å². The molecule has 0 radical (unpaired) electrons. The van der Waals surface area contributed by atoms with Gasteiger partial charge in [-0.25, -0.2) is 9.97 Å². The number of nitrogens with zero attached hydrogens (tertiary/aromatic N) is 2. The topological polar surface area (TPSA) is 63.8 Å². The van der Waals surface area contributed by atoms with Crippen LogP contribution in [-0.4, -0.2) is 20.5 Å². The zero-order valence-electron chi connectivity index (χ0n) is 10.1. The van der Waals surface area contributed by atoms with Crippen LogP contribution in [0.2, 0.25) is 0 Å². The molecule has 1 aromatic heterocycles. The molecule has 0 aliphatic heterocycles. The minimum absolute atomic E-state index is 0.104. The van der Waals surface area contributed by atoms with E-state index >= 15 is 0 Å². The summed E-state index contributed by atoms with van der Waals surface area (Å²) in [5.41, 5.74) is 6.29. The Morgan fingerprint density at radius 2 is 2.12 bits per heavy atom. The third kappa shape index (κ3) is 3.12. The van der Waals surface area contributed by atoms with E-state index in [9.17, 15) is 0 Å². The molecule has 1 saturated carbocycles. The molecule has 0 amide bonds. The predicted molar refractivity (Wildman–Crippen MR) is 73.0 cm³/mol. The SMILES string of the molecule is CC1(Nc2nccc(C(N)=S)n2)CCCCC1. The van der Waals surface area contributed by atoms with Gasteiger partial charge in [0.05, 0.1) is 0 Å². The fourth-order valence-corrected chi connectivity index (χ4v) is 2.40. The summed E-state index contributed by atoms with van der Waals surface area (Å²) >= 11 is 4.91. The lowest BCUT2D eigenvalue weighted by atomic mass is 9.83. The van der Waals surface area contributed by atoms with Crippen molar-refractivity contribution in [1.82, 2.24) is 9.97 Å². The van der Waals surface area contributed by atoms with Crippen molar-refractivity contribution in [2.45, 2.75) is 44.6 Å². The van der Waals surface area contributed by atoms with Crippen LogP contribution in [0.4, 0.5) is 5.95 Å². The van der Waals surface area contributed by atoms with Crippen LogP contribution in [0.5, 0.6) is 0 Å². The fourth-order valence-electron chi connectivity index (χ4n) is 2.28. The van der Waals surface area contributed by atoms with Crippen molar-refractivity contribution in [2.75, 3.05) is 5.32 Å². The van der Waals surface area contributed by atoms with Crippen LogP contribution in [-0.2, 0) is 0 Å². The second-order valence-electron chi connectivity index (χ2n) is 4.88. The normalized spacial score (nSPS) is 18.6. The Morgan fingerprint density at radius 3 is 2.76 bits per heavy atom. The van der Waals surface area contributed by atoms with Crippen molar-refractivity contribution in [3.63, 3.8) is 0 Å². The summed E-state index contributed by atoms with van der Waals surface area (Å²) in [5.74, 6) is 0.625. The molecular weight excluding hydrogens is 232 g/mol. The van der Waals surface area contributed by atoms with Crippen LogP contribution in [0.1, 0.15) is 44.7 Å². The molecule has 3 N–H and O–H groups in total. The molecule has 0 saturated heterocycles. The summed E-state index contributed by atoms with van der Waals surface area (Å²) in [5, 5.41) is 3.42. The first-order valence-corrected chi connectivity index (χ1v) is 6.41. The van der Waals surface area contributed by atoms with Crippen LogP contribution in [0.15, 0.2) is 12.3 Å². The maximum Gasteiger partial charge on any atom is 0.223 e. The first-order chi connectivity index (χ1) is 8.09. The Balaban J connectivity index is 2.12. The quantitative estimate of drug-likeness (QED) is 0.806. The van der Waals surface area contributed by atoms with Gasteiger partial charge in [0.15, 0.2) is 0 Å². The van der Waals surface area contributed by atoms with Crippen molar-refractivity contribution in [3.8, 4) is 0 Å². The first kappa shape index (κ1) is 12.2. The van der Waals surface area contributed by atoms with Crippen LogP contribution >= 0.6 is 12.2 Å². The highest BCUT2D eigenvalue weighted by molar-refractivity contribution is 7.80. The summed E-state index contributed by atoms with van der Waals surface area (Å²) < 4.78 is 0. The lowest BCUT2D eigenvalue weighted by molar-refractivity contribution is 0.347. The van der Waals surface area contributed by atoms with Gasteiger partial charge in [-0.05, 0) is 25.8 Å². The number of nitrogens with one attached hydrogen (secondary N) is 1.